The third-order valence-electron chi connectivity index (χ3n) is 3.93. The van der Waals surface area contributed by atoms with E-state index in [0.29, 0.717) is 12.5 Å². The van der Waals surface area contributed by atoms with Crippen molar-refractivity contribution in [3.8, 4) is 0 Å². The molecular formula is C16H30IN5O. The molecule has 2 N–H and O–H groups in total. The van der Waals surface area contributed by atoms with Crippen LogP contribution in [0, 0.1) is 5.92 Å². The van der Waals surface area contributed by atoms with E-state index < -0.39 is 0 Å². The fourth-order valence-corrected chi connectivity index (χ4v) is 2.70. The van der Waals surface area contributed by atoms with Gasteiger partial charge >= 0.3 is 0 Å². The van der Waals surface area contributed by atoms with Gasteiger partial charge < -0.3 is 19.9 Å². The number of hydrogen-bond donors (Lipinski definition) is 2. The Morgan fingerprint density at radius 2 is 2.26 bits per heavy atom. The molecule has 2 rings (SSSR count). The summed E-state index contributed by atoms with van der Waals surface area (Å²) in [5.41, 5.74) is -0.0757. The average Bonchev–Trinajstić information content (AvgIpc) is 3.08. The Hall–Kier alpha value is -0.830. The highest BCUT2D eigenvalue weighted by atomic mass is 127. The molecule has 7 heteroatoms. The largest absolute Gasteiger partial charge is 0.373 e. The van der Waals surface area contributed by atoms with E-state index in [1.165, 1.54) is 0 Å². The molecule has 1 aliphatic rings. The van der Waals surface area contributed by atoms with Crippen molar-refractivity contribution in [2.75, 3.05) is 20.2 Å². The van der Waals surface area contributed by atoms with Crippen LogP contribution in [0.5, 0.6) is 0 Å². The molecule has 1 atom stereocenters. The molecule has 23 heavy (non-hydrogen) atoms. The summed E-state index contributed by atoms with van der Waals surface area (Å²) >= 11 is 0. The number of guanidine groups is 1. The van der Waals surface area contributed by atoms with E-state index in [1.54, 1.807) is 7.05 Å². The van der Waals surface area contributed by atoms with E-state index >= 15 is 0 Å². The van der Waals surface area contributed by atoms with Crippen molar-refractivity contribution >= 4 is 29.9 Å². The number of nitrogens with one attached hydrogen (secondary N) is 2. The van der Waals surface area contributed by atoms with Crippen LogP contribution in [0.3, 0.4) is 0 Å². The molecule has 0 aromatic carbocycles. The summed E-state index contributed by atoms with van der Waals surface area (Å²) in [7, 11) is 1.79. The van der Waals surface area contributed by atoms with Crippen molar-refractivity contribution in [3.05, 3.63) is 18.2 Å². The van der Waals surface area contributed by atoms with Gasteiger partial charge in [-0.25, -0.2) is 4.98 Å². The van der Waals surface area contributed by atoms with Gasteiger partial charge in [0.15, 0.2) is 5.96 Å². The van der Waals surface area contributed by atoms with Crippen LogP contribution < -0.4 is 10.6 Å². The monoisotopic (exact) mass is 435 g/mol. The quantitative estimate of drug-likeness (QED) is 0.409. The molecule has 0 saturated carbocycles. The second-order valence-corrected chi connectivity index (χ2v) is 6.57. The molecule has 2 heterocycles. The second-order valence-electron chi connectivity index (χ2n) is 6.57. The molecule has 0 spiro atoms. The van der Waals surface area contributed by atoms with E-state index in [2.05, 4.69) is 45.9 Å². The minimum Gasteiger partial charge on any atom is -0.373 e. The summed E-state index contributed by atoms with van der Waals surface area (Å²) in [5, 5.41) is 6.68. The molecule has 6 nitrogen and oxygen atoms in total. The van der Waals surface area contributed by atoms with E-state index in [1.807, 2.05) is 12.4 Å². The van der Waals surface area contributed by atoms with Crippen molar-refractivity contribution in [2.45, 2.75) is 52.3 Å². The first-order valence-corrected chi connectivity index (χ1v) is 8.11. The maximum Gasteiger partial charge on any atom is 0.191 e. The number of aliphatic imine (C=N–C) groups is 1. The van der Waals surface area contributed by atoms with Gasteiger partial charge in [0, 0.05) is 39.1 Å². The van der Waals surface area contributed by atoms with Crippen molar-refractivity contribution in [1.82, 2.24) is 20.2 Å². The molecule has 1 fully saturated rings. The minimum atomic E-state index is -0.0757. The van der Waals surface area contributed by atoms with E-state index in [4.69, 9.17) is 4.74 Å². The van der Waals surface area contributed by atoms with Crippen molar-refractivity contribution in [3.63, 3.8) is 0 Å². The van der Waals surface area contributed by atoms with Gasteiger partial charge in [0.2, 0.25) is 0 Å². The molecule has 1 aliphatic heterocycles. The molecule has 132 valence electrons. The van der Waals surface area contributed by atoms with Crippen molar-refractivity contribution in [1.29, 1.82) is 0 Å². The van der Waals surface area contributed by atoms with Gasteiger partial charge in [0.05, 0.1) is 12.1 Å². The van der Waals surface area contributed by atoms with Crippen LogP contribution >= 0.6 is 24.0 Å². The lowest BCUT2D eigenvalue weighted by molar-refractivity contribution is 0.0243. The Labute approximate surface area is 156 Å². The highest BCUT2D eigenvalue weighted by Crippen LogP contribution is 2.23. The lowest BCUT2D eigenvalue weighted by atomic mass is 10.0. The van der Waals surface area contributed by atoms with Gasteiger partial charge in [-0.15, -0.1) is 24.0 Å². The second kappa shape index (κ2) is 9.46. The van der Waals surface area contributed by atoms with E-state index in [9.17, 15) is 0 Å². The number of rotatable bonds is 6. The Kier molecular flexibility index (Phi) is 8.32. The summed E-state index contributed by atoms with van der Waals surface area (Å²) in [5.74, 6) is 2.42. The molecular weight excluding hydrogens is 405 g/mol. The molecule has 1 unspecified atom stereocenters. The Bertz CT molecular complexity index is 494. The lowest BCUT2D eigenvalue weighted by Crippen LogP contribution is -2.45. The zero-order valence-electron chi connectivity index (χ0n) is 14.6. The highest BCUT2D eigenvalue weighted by molar-refractivity contribution is 14.0. The Morgan fingerprint density at radius 1 is 1.48 bits per heavy atom. The van der Waals surface area contributed by atoms with Crippen LogP contribution in [0.2, 0.25) is 0 Å². The first kappa shape index (κ1) is 20.2. The predicted octanol–water partition coefficient (Wildman–Crippen LogP) is 2.39. The molecule has 1 saturated heterocycles. The summed E-state index contributed by atoms with van der Waals surface area (Å²) in [6, 6.07) is 0. The number of ether oxygens (including phenoxy) is 1. The lowest BCUT2D eigenvalue weighted by Gasteiger charge is -2.24. The maximum absolute atomic E-state index is 5.79. The van der Waals surface area contributed by atoms with Crippen LogP contribution in [-0.2, 0) is 17.8 Å². The SMILES string of the molecule is CN=C(NCc1nccn1CC(C)C)NCC1(C)CCCO1.I. The molecule has 1 aromatic rings. The zero-order valence-corrected chi connectivity index (χ0v) is 17.0. The summed E-state index contributed by atoms with van der Waals surface area (Å²) < 4.78 is 7.97. The van der Waals surface area contributed by atoms with Crippen LogP contribution in [0.15, 0.2) is 17.4 Å². The average molecular weight is 435 g/mol. The third kappa shape index (κ3) is 6.29. The number of hydrogen-bond acceptors (Lipinski definition) is 3. The van der Waals surface area contributed by atoms with Gasteiger partial charge in [-0.05, 0) is 25.7 Å². The van der Waals surface area contributed by atoms with Gasteiger partial charge in [-0.1, -0.05) is 13.8 Å². The topological polar surface area (TPSA) is 63.5 Å². The number of halogens is 1. The standard InChI is InChI=1S/C16H29N5O.HI/c1-13(2)11-21-8-7-18-14(21)10-19-15(17-4)20-12-16(3)6-5-9-22-16;/h7-8,13H,5-6,9-12H2,1-4H3,(H2,17,19,20);1H. The first-order valence-electron chi connectivity index (χ1n) is 8.11. The van der Waals surface area contributed by atoms with E-state index in [0.717, 1.165) is 44.3 Å². The maximum atomic E-state index is 5.79. The van der Waals surface area contributed by atoms with Crippen LogP contribution in [-0.4, -0.2) is 41.3 Å². The fourth-order valence-electron chi connectivity index (χ4n) is 2.70. The molecule has 0 bridgehead atoms. The van der Waals surface area contributed by atoms with Crippen LogP contribution in [0.4, 0.5) is 0 Å². The molecule has 1 aromatic heterocycles. The summed E-state index contributed by atoms with van der Waals surface area (Å²) in [6.07, 6.45) is 6.11. The highest BCUT2D eigenvalue weighted by Gasteiger charge is 2.29. The van der Waals surface area contributed by atoms with E-state index in [-0.39, 0.29) is 29.6 Å². The normalized spacial score (nSPS) is 21.3. The molecule has 0 aliphatic carbocycles. The smallest absolute Gasteiger partial charge is 0.191 e. The minimum absolute atomic E-state index is 0. The van der Waals surface area contributed by atoms with Crippen molar-refractivity contribution < 1.29 is 4.74 Å². The number of nitrogens with zero attached hydrogens (tertiary/aromatic N) is 3. The summed E-state index contributed by atoms with van der Waals surface area (Å²) in [6.45, 7) is 9.84. The van der Waals surface area contributed by atoms with Gasteiger partial charge in [-0.3, -0.25) is 4.99 Å². The molecule has 0 amide bonds. The zero-order chi connectivity index (χ0) is 16.0. The van der Waals surface area contributed by atoms with Gasteiger partial charge in [0.1, 0.15) is 5.82 Å². The molecule has 0 radical (unpaired) electrons. The van der Waals surface area contributed by atoms with Crippen LogP contribution in [0.1, 0.15) is 39.4 Å². The summed E-state index contributed by atoms with van der Waals surface area (Å²) in [4.78, 5) is 8.69. The third-order valence-corrected chi connectivity index (χ3v) is 3.93. The van der Waals surface area contributed by atoms with Crippen molar-refractivity contribution in [2.24, 2.45) is 10.9 Å². The van der Waals surface area contributed by atoms with Gasteiger partial charge in [-0.2, -0.15) is 0 Å². The Balaban J connectivity index is 0.00000264. The first-order chi connectivity index (χ1) is 10.5. The van der Waals surface area contributed by atoms with Gasteiger partial charge in [0.25, 0.3) is 0 Å². The number of imidazole rings is 1. The predicted molar refractivity (Wildman–Crippen MR) is 104 cm³/mol. The Morgan fingerprint density at radius 3 is 2.87 bits per heavy atom. The number of aromatic nitrogens is 2. The van der Waals surface area contributed by atoms with Crippen LogP contribution in [0.25, 0.3) is 0 Å². The fraction of sp³-hybridized carbons (Fsp3) is 0.750.